The van der Waals surface area contributed by atoms with Gasteiger partial charge < -0.3 is 10.1 Å². The van der Waals surface area contributed by atoms with Gasteiger partial charge in [0.05, 0.1) is 6.10 Å². The van der Waals surface area contributed by atoms with Gasteiger partial charge in [0.2, 0.25) is 0 Å². The Morgan fingerprint density at radius 2 is 2.06 bits per heavy atom. The van der Waals surface area contributed by atoms with Crippen molar-refractivity contribution in [1.29, 1.82) is 0 Å². The smallest absolute Gasteiger partial charge is 0.157 e. The number of nitrogens with one attached hydrogen (secondary N) is 1. The summed E-state index contributed by atoms with van der Waals surface area (Å²) in [5.41, 5.74) is 0.296. The average molecular weight is 272 g/mol. The fraction of sp³-hybridized carbons (Fsp3) is 0.929. The van der Waals surface area contributed by atoms with E-state index in [0.717, 1.165) is 36.9 Å². The highest BCUT2D eigenvalue weighted by Crippen LogP contribution is 2.28. The van der Waals surface area contributed by atoms with Gasteiger partial charge in [-0.05, 0) is 39.5 Å². The van der Waals surface area contributed by atoms with Gasteiger partial charge in [-0.15, -0.1) is 0 Å². The van der Waals surface area contributed by atoms with Crippen LogP contribution < -0.4 is 5.32 Å². The summed E-state index contributed by atoms with van der Waals surface area (Å²) in [5.74, 6) is 1.16. The zero-order valence-corrected chi connectivity index (χ0v) is 13.1. The Morgan fingerprint density at radius 3 is 2.61 bits per heavy atom. The van der Waals surface area contributed by atoms with E-state index in [1.54, 1.807) is 0 Å². The monoisotopic (exact) mass is 272 g/mol. The maximum Gasteiger partial charge on any atom is 0.157 e. The number of amidine groups is 1. The van der Waals surface area contributed by atoms with Crippen molar-refractivity contribution < 1.29 is 4.74 Å². The summed E-state index contributed by atoms with van der Waals surface area (Å²) in [6, 6.07) is 0. The van der Waals surface area contributed by atoms with Crippen LogP contribution in [0, 0.1) is 0 Å². The Hall–Kier alpha value is -0.220. The molecule has 0 radical (unpaired) electrons. The van der Waals surface area contributed by atoms with Crippen LogP contribution in [0.3, 0.4) is 0 Å². The van der Waals surface area contributed by atoms with Gasteiger partial charge in [0, 0.05) is 24.4 Å². The molecule has 0 aromatic rings. The van der Waals surface area contributed by atoms with Crippen LogP contribution in [0.1, 0.15) is 53.4 Å². The van der Waals surface area contributed by atoms with E-state index in [2.05, 4.69) is 38.0 Å². The number of hydrogen-bond donors (Lipinski definition) is 1. The molecule has 0 atom stereocenters. The molecule has 3 nitrogen and oxygen atoms in total. The predicted octanol–water partition coefficient (Wildman–Crippen LogP) is 3.44. The lowest BCUT2D eigenvalue weighted by atomic mass is 9.96. The number of aliphatic imine (C=N–C) groups is 1. The van der Waals surface area contributed by atoms with E-state index < -0.39 is 0 Å². The minimum atomic E-state index is 0.296. The van der Waals surface area contributed by atoms with Crippen LogP contribution in [0.25, 0.3) is 0 Å². The Bertz CT molecular complexity index is 263. The summed E-state index contributed by atoms with van der Waals surface area (Å²) < 4.78 is 5.51. The molecular weight excluding hydrogens is 244 g/mol. The highest BCUT2D eigenvalue weighted by Gasteiger charge is 2.33. The minimum absolute atomic E-state index is 0.296. The third-order valence-corrected chi connectivity index (χ3v) is 4.67. The molecule has 1 fully saturated rings. The van der Waals surface area contributed by atoms with Crippen molar-refractivity contribution in [3.05, 3.63) is 0 Å². The Kier molecular flexibility index (Phi) is 7.08. The van der Waals surface area contributed by atoms with Crippen LogP contribution in [0.2, 0.25) is 0 Å². The lowest BCUT2D eigenvalue weighted by molar-refractivity contribution is 0.0764. The average Bonchev–Trinajstić information content (AvgIpc) is 2.77. The molecule has 0 amide bonds. The van der Waals surface area contributed by atoms with E-state index in [1.165, 1.54) is 12.8 Å². The number of nitrogens with zero attached hydrogens (tertiary/aromatic N) is 1. The third-order valence-electron chi connectivity index (χ3n) is 3.47. The number of ether oxygens (including phenoxy) is 1. The van der Waals surface area contributed by atoms with Crippen molar-refractivity contribution in [1.82, 2.24) is 5.32 Å². The zero-order valence-electron chi connectivity index (χ0n) is 12.3. The molecule has 1 heterocycles. The molecule has 0 aliphatic carbocycles. The van der Waals surface area contributed by atoms with E-state index in [0.29, 0.717) is 11.6 Å². The third kappa shape index (κ3) is 5.19. The maximum atomic E-state index is 5.51. The first-order valence-corrected chi connectivity index (χ1v) is 8.17. The molecule has 0 aromatic heterocycles. The Morgan fingerprint density at radius 1 is 1.33 bits per heavy atom. The van der Waals surface area contributed by atoms with Gasteiger partial charge in [-0.3, -0.25) is 4.99 Å². The summed E-state index contributed by atoms with van der Waals surface area (Å²) in [4.78, 5) is 4.64. The second-order valence-corrected chi connectivity index (χ2v) is 6.18. The van der Waals surface area contributed by atoms with Crippen molar-refractivity contribution in [2.45, 2.75) is 65.0 Å². The highest BCUT2D eigenvalue weighted by atomic mass is 32.2. The molecule has 0 bridgehead atoms. The van der Waals surface area contributed by atoms with Gasteiger partial charge in [-0.2, -0.15) is 0 Å². The van der Waals surface area contributed by atoms with E-state index in [9.17, 15) is 0 Å². The predicted molar refractivity (Wildman–Crippen MR) is 81.5 cm³/mol. The molecule has 1 rings (SSSR count). The fourth-order valence-electron chi connectivity index (χ4n) is 1.94. The summed E-state index contributed by atoms with van der Waals surface area (Å²) in [6.07, 6.45) is 4.92. The van der Waals surface area contributed by atoms with Crippen molar-refractivity contribution in [2.24, 2.45) is 4.99 Å². The molecule has 106 valence electrons. The molecular formula is C14H28N2OS. The van der Waals surface area contributed by atoms with Crippen LogP contribution in [0.15, 0.2) is 4.99 Å². The highest BCUT2D eigenvalue weighted by molar-refractivity contribution is 8.14. The van der Waals surface area contributed by atoms with Gasteiger partial charge in [0.1, 0.15) is 0 Å². The Labute approximate surface area is 116 Å². The number of thioether (sulfide) groups is 1. The first-order chi connectivity index (χ1) is 8.62. The minimum Gasteiger partial charge on any atom is -0.379 e. The SMILES string of the molecule is CCC1(CC)CSC(=NCCCCOC(C)C)N1. The largest absolute Gasteiger partial charge is 0.379 e. The molecule has 0 aromatic carbocycles. The number of rotatable bonds is 8. The van der Waals surface area contributed by atoms with Crippen molar-refractivity contribution in [3.63, 3.8) is 0 Å². The van der Waals surface area contributed by atoms with Crippen molar-refractivity contribution in [2.75, 3.05) is 18.9 Å². The van der Waals surface area contributed by atoms with Crippen LogP contribution in [-0.4, -0.2) is 35.7 Å². The Balaban J connectivity index is 2.17. The normalized spacial score (nSPS) is 20.6. The van der Waals surface area contributed by atoms with E-state index >= 15 is 0 Å². The van der Waals surface area contributed by atoms with E-state index in [1.807, 2.05) is 11.8 Å². The summed E-state index contributed by atoms with van der Waals surface area (Å²) in [5, 5.41) is 4.74. The quantitative estimate of drug-likeness (QED) is 0.687. The van der Waals surface area contributed by atoms with Crippen LogP contribution in [0.5, 0.6) is 0 Å². The van der Waals surface area contributed by atoms with E-state index in [4.69, 9.17) is 4.74 Å². The summed E-state index contributed by atoms with van der Waals surface area (Å²) >= 11 is 1.87. The van der Waals surface area contributed by atoms with Gasteiger partial charge in [0.15, 0.2) is 5.17 Å². The van der Waals surface area contributed by atoms with Crippen molar-refractivity contribution in [3.8, 4) is 0 Å². The van der Waals surface area contributed by atoms with Crippen LogP contribution >= 0.6 is 11.8 Å². The summed E-state index contributed by atoms with van der Waals surface area (Å²) in [7, 11) is 0. The lowest BCUT2D eigenvalue weighted by Gasteiger charge is -2.25. The van der Waals surface area contributed by atoms with Gasteiger partial charge >= 0.3 is 0 Å². The molecule has 1 aliphatic rings. The van der Waals surface area contributed by atoms with E-state index in [-0.39, 0.29) is 0 Å². The van der Waals surface area contributed by atoms with Crippen LogP contribution in [0.4, 0.5) is 0 Å². The molecule has 0 spiro atoms. The molecule has 0 unspecified atom stereocenters. The zero-order chi connectivity index (χ0) is 13.4. The lowest BCUT2D eigenvalue weighted by Crippen LogP contribution is -2.42. The van der Waals surface area contributed by atoms with Gasteiger partial charge in [0.25, 0.3) is 0 Å². The second kappa shape index (κ2) is 8.05. The standard InChI is InChI=1S/C14H28N2OS/c1-5-14(6-2)11-18-13(16-14)15-9-7-8-10-17-12(3)4/h12H,5-11H2,1-4H3,(H,15,16). The number of hydrogen-bond acceptors (Lipinski definition) is 3. The summed E-state index contributed by atoms with van der Waals surface area (Å²) in [6.45, 7) is 10.4. The van der Waals surface area contributed by atoms with Gasteiger partial charge in [-0.25, -0.2) is 0 Å². The van der Waals surface area contributed by atoms with Gasteiger partial charge in [-0.1, -0.05) is 25.6 Å². The molecule has 1 saturated heterocycles. The van der Waals surface area contributed by atoms with Crippen LogP contribution in [-0.2, 0) is 4.74 Å². The fourth-order valence-corrected chi connectivity index (χ4v) is 3.30. The molecule has 18 heavy (non-hydrogen) atoms. The topological polar surface area (TPSA) is 33.6 Å². The second-order valence-electron chi connectivity index (χ2n) is 5.21. The molecule has 0 saturated carbocycles. The molecule has 1 aliphatic heterocycles. The number of unbranched alkanes of at least 4 members (excludes halogenated alkanes) is 1. The first-order valence-electron chi connectivity index (χ1n) is 7.19. The molecule has 1 N–H and O–H groups in total. The maximum absolute atomic E-state index is 5.51. The first kappa shape index (κ1) is 15.8. The molecule has 4 heteroatoms. The van der Waals surface area contributed by atoms with Crippen molar-refractivity contribution >= 4 is 16.9 Å².